The molecule has 2 aromatic rings. The van der Waals surface area contributed by atoms with Crippen molar-refractivity contribution >= 4 is 29.7 Å². The lowest BCUT2D eigenvalue weighted by atomic mass is 9.45. The zero-order valence-corrected chi connectivity index (χ0v) is 30.0. The van der Waals surface area contributed by atoms with Gasteiger partial charge in [-0.25, -0.2) is 9.59 Å². The lowest BCUT2D eigenvalue weighted by Crippen LogP contribution is -2.79. The Kier molecular flexibility index (Phi) is 9.55. The van der Waals surface area contributed by atoms with Crippen molar-refractivity contribution in [2.24, 2.45) is 16.7 Å². The van der Waals surface area contributed by atoms with Gasteiger partial charge in [-0.05, 0) is 62.1 Å². The van der Waals surface area contributed by atoms with Crippen LogP contribution in [0.25, 0.3) is 0 Å². The molecule has 0 spiro atoms. The molecule has 1 unspecified atom stereocenters. The van der Waals surface area contributed by atoms with Gasteiger partial charge in [0.05, 0.1) is 30.3 Å². The van der Waals surface area contributed by atoms with Gasteiger partial charge in [-0.1, -0.05) is 39.0 Å². The molecule has 2 saturated carbocycles. The number of aliphatic hydroxyl groups excluding tert-OH is 1. The van der Waals surface area contributed by atoms with Gasteiger partial charge in [0, 0.05) is 31.1 Å². The molecule has 278 valence electrons. The second kappa shape index (κ2) is 13.3. The van der Waals surface area contributed by atoms with E-state index in [4.69, 9.17) is 35.0 Å². The highest BCUT2D eigenvalue weighted by atomic mass is 16.6. The lowest BCUT2D eigenvalue weighted by Gasteiger charge is -2.66. The quantitative estimate of drug-likeness (QED) is 0.229. The fraction of sp³-hybridized carbons (Fsp3) is 0.538. The molecule has 1 aromatic heterocycles. The largest absolute Gasteiger partial charge is 0.469 e. The highest BCUT2D eigenvalue weighted by Gasteiger charge is 2.76. The first-order valence-corrected chi connectivity index (χ1v) is 17.3. The average molecular weight is 721 g/mol. The molecular formula is C39H44O13. The Balaban J connectivity index is 1.57. The maximum absolute atomic E-state index is 15.2. The highest BCUT2D eigenvalue weighted by molar-refractivity contribution is 5.95. The number of benzene rings is 1. The van der Waals surface area contributed by atoms with Gasteiger partial charge in [0.1, 0.15) is 29.7 Å². The molecule has 52 heavy (non-hydrogen) atoms. The molecule has 0 amide bonds. The first-order chi connectivity index (χ1) is 24.4. The van der Waals surface area contributed by atoms with E-state index in [9.17, 15) is 29.4 Å². The van der Waals surface area contributed by atoms with Crippen molar-refractivity contribution in [2.45, 2.75) is 108 Å². The molecule has 2 N–H and O–H groups in total. The molecule has 3 fully saturated rings. The van der Waals surface area contributed by atoms with Crippen molar-refractivity contribution in [3.63, 3.8) is 0 Å². The van der Waals surface area contributed by atoms with Gasteiger partial charge in [-0.15, -0.1) is 0 Å². The third-order valence-corrected chi connectivity index (χ3v) is 11.8. The number of furan rings is 1. The van der Waals surface area contributed by atoms with E-state index in [1.807, 2.05) is 0 Å². The third-order valence-electron chi connectivity index (χ3n) is 11.8. The van der Waals surface area contributed by atoms with Crippen molar-refractivity contribution < 1.29 is 62.3 Å². The van der Waals surface area contributed by atoms with E-state index >= 15 is 4.79 Å². The van der Waals surface area contributed by atoms with Crippen LogP contribution in [0, 0.1) is 23.7 Å². The first kappa shape index (κ1) is 37.4. The van der Waals surface area contributed by atoms with Crippen LogP contribution in [0.4, 0.5) is 0 Å². The summed E-state index contributed by atoms with van der Waals surface area (Å²) in [5, 5.41) is 24.4. The van der Waals surface area contributed by atoms with E-state index in [1.54, 1.807) is 45.9 Å². The average Bonchev–Trinajstić information content (AvgIpc) is 3.62. The lowest BCUT2D eigenvalue weighted by molar-refractivity contribution is -0.332. The first-order valence-electron chi connectivity index (χ1n) is 17.3. The van der Waals surface area contributed by atoms with Gasteiger partial charge in [-0.3, -0.25) is 14.4 Å². The Bertz CT molecular complexity index is 1780. The number of hydrogen-bond acceptors (Lipinski definition) is 13. The van der Waals surface area contributed by atoms with Crippen molar-refractivity contribution in [3.8, 4) is 0 Å². The zero-order chi connectivity index (χ0) is 38.0. The van der Waals surface area contributed by atoms with Crippen molar-refractivity contribution in [1.82, 2.24) is 0 Å². The van der Waals surface area contributed by atoms with Crippen LogP contribution in [-0.2, 0) is 42.9 Å². The van der Waals surface area contributed by atoms with E-state index in [0.29, 0.717) is 0 Å². The Morgan fingerprint density at radius 2 is 1.67 bits per heavy atom. The summed E-state index contributed by atoms with van der Waals surface area (Å²) in [5.41, 5.74) is -6.24. The predicted octanol–water partition coefficient (Wildman–Crippen LogP) is 3.68. The predicted molar refractivity (Wildman–Crippen MR) is 179 cm³/mol. The third kappa shape index (κ3) is 5.77. The molecule has 2 bridgehead atoms. The summed E-state index contributed by atoms with van der Waals surface area (Å²) in [4.78, 5) is 68.4. The molecule has 2 radical (unpaired) electrons. The zero-order valence-electron chi connectivity index (χ0n) is 30.0. The topological polar surface area (TPSA) is 185 Å². The summed E-state index contributed by atoms with van der Waals surface area (Å²) in [7, 11) is 0. The fourth-order valence-electron chi connectivity index (χ4n) is 9.03. The molecule has 1 aliphatic heterocycles. The van der Waals surface area contributed by atoms with Gasteiger partial charge in [0.2, 0.25) is 0 Å². The summed E-state index contributed by atoms with van der Waals surface area (Å²) in [5.74, 6) is -6.48. The van der Waals surface area contributed by atoms with Gasteiger partial charge < -0.3 is 38.3 Å². The van der Waals surface area contributed by atoms with Crippen molar-refractivity contribution in [3.05, 3.63) is 78.1 Å². The number of ketones is 1. The number of hydrogen-bond donors (Lipinski definition) is 2. The number of carbonyl (C=O) groups is 5. The van der Waals surface area contributed by atoms with Crippen LogP contribution in [-0.4, -0.2) is 88.2 Å². The van der Waals surface area contributed by atoms with Crippen LogP contribution in [0.1, 0.15) is 82.8 Å². The van der Waals surface area contributed by atoms with Crippen LogP contribution in [0.15, 0.2) is 64.3 Å². The molecular weight excluding hydrogens is 676 g/mol. The number of ether oxygens (including phenoxy) is 5. The number of fused-ring (bicyclic) bond motifs is 5. The standard InChI is InChI=1S/C39H44O13/c1-20-26(50-35(45)29(42)21(2)25-14-11-17-47-25)18-39(46)33(51-34(44)24-12-9-8-10-13-24)31-37(7,16-15-27-38(31,19-48-27)52-23(4)41)32(43)30(49-22(3)40)28(20)36(39,5)6/h2,8-14,17,21,26-27,29-31,33,42,46H,15-16,18-19H2,1,3-7H3/t21-,26?,27+,29+,30+,31-,33-,37+,38-,39+/m0/s1. The monoisotopic (exact) mass is 720 g/mol. The Labute approximate surface area is 301 Å². The van der Waals surface area contributed by atoms with Gasteiger partial charge in [0.15, 0.2) is 23.6 Å². The van der Waals surface area contributed by atoms with E-state index in [-0.39, 0.29) is 41.9 Å². The Morgan fingerprint density at radius 3 is 2.25 bits per heavy atom. The Morgan fingerprint density at radius 1 is 0.981 bits per heavy atom. The highest BCUT2D eigenvalue weighted by Crippen LogP contribution is 2.64. The molecule has 13 nitrogen and oxygen atoms in total. The Hall–Kier alpha value is -4.33. The van der Waals surface area contributed by atoms with Crippen molar-refractivity contribution in [1.29, 1.82) is 0 Å². The molecule has 1 aromatic carbocycles. The summed E-state index contributed by atoms with van der Waals surface area (Å²) < 4.78 is 35.3. The van der Waals surface area contributed by atoms with E-state index in [1.165, 1.54) is 37.5 Å². The molecule has 4 aliphatic rings. The number of carbonyl (C=O) groups excluding carboxylic acids is 5. The molecule has 10 atom stereocenters. The van der Waals surface area contributed by atoms with Crippen molar-refractivity contribution in [2.75, 3.05) is 6.61 Å². The maximum Gasteiger partial charge on any atom is 0.338 e. The second-order valence-corrected chi connectivity index (χ2v) is 15.1. The number of esters is 4. The fourth-order valence-corrected chi connectivity index (χ4v) is 9.03. The minimum absolute atomic E-state index is 0.117. The summed E-state index contributed by atoms with van der Waals surface area (Å²) >= 11 is 0. The molecule has 1 saturated heterocycles. The van der Waals surface area contributed by atoms with Crippen LogP contribution < -0.4 is 0 Å². The van der Waals surface area contributed by atoms with Crippen LogP contribution >= 0.6 is 0 Å². The number of rotatable bonds is 8. The summed E-state index contributed by atoms with van der Waals surface area (Å²) in [6.07, 6.45) is -5.85. The van der Waals surface area contributed by atoms with E-state index < -0.39 is 100 Å². The van der Waals surface area contributed by atoms with Crippen LogP contribution in [0.3, 0.4) is 0 Å². The second-order valence-electron chi connectivity index (χ2n) is 15.1. The minimum Gasteiger partial charge on any atom is -0.469 e. The van der Waals surface area contributed by atoms with E-state index in [0.717, 1.165) is 6.92 Å². The maximum atomic E-state index is 15.2. The molecule has 2 heterocycles. The number of Topliss-reactive ketones (excluding diaryl/α,β-unsaturated/α-hetero) is 1. The van der Waals surface area contributed by atoms with Gasteiger partial charge in [-0.2, -0.15) is 0 Å². The minimum atomic E-state index is -2.21. The van der Waals surface area contributed by atoms with Gasteiger partial charge in [0.25, 0.3) is 0 Å². The summed E-state index contributed by atoms with van der Waals surface area (Å²) in [6, 6.07) is 11.1. The number of aliphatic hydroxyl groups is 2. The molecule has 6 rings (SSSR count). The SMILES string of the molecule is [CH][C@@H](c1ccco1)[C@@H](O)C(=O)OC1C[C@@]2(O)[C@@H](OC(=O)c3ccccc3)[C@@H]3[C@]4(OC(C)=O)CO[C@@H]4CC[C@@]3(C)C(=O)[C@H](OC(C)=O)C(=C1C)C2(C)C. The molecule has 3 aliphatic carbocycles. The molecule has 13 heteroatoms. The smallest absolute Gasteiger partial charge is 0.338 e. The van der Waals surface area contributed by atoms with Gasteiger partial charge >= 0.3 is 23.9 Å². The van der Waals surface area contributed by atoms with E-state index in [2.05, 4.69) is 0 Å². The normalized spacial score (nSPS) is 34.6. The van der Waals surface area contributed by atoms with Crippen LogP contribution in [0.2, 0.25) is 0 Å². The summed E-state index contributed by atoms with van der Waals surface area (Å²) in [6.45, 7) is 14.8. The van der Waals surface area contributed by atoms with Crippen LogP contribution in [0.5, 0.6) is 0 Å².